The van der Waals surface area contributed by atoms with E-state index in [-0.39, 0.29) is 11.8 Å². The number of methoxy groups -OCH3 is 1. The van der Waals surface area contributed by atoms with Crippen molar-refractivity contribution in [3.8, 4) is 17.2 Å². The Balaban J connectivity index is 1.81. The van der Waals surface area contributed by atoms with Crippen LogP contribution in [0.15, 0.2) is 28.7 Å². The Morgan fingerprint density at radius 3 is 2.71 bits per heavy atom. The summed E-state index contributed by atoms with van der Waals surface area (Å²) in [7, 11) is 1.61. The number of amides is 1. The van der Waals surface area contributed by atoms with Crippen molar-refractivity contribution in [1.29, 1.82) is 0 Å². The van der Waals surface area contributed by atoms with Crippen molar-refractivity contribution in [2.75, 3.05) is 20.2 Å². The van der Waals surface area contributed by atoms with E-state index < -0.39 is 6.10 Å². The largest absolute Gasteiger partial charge is 0.497 e. The lowest BCUT2D eigenvalue weighted by Gasteiger charge is -2.33. The van der Waals surface area contributed by atoms with Crippen molar-refractivity contribution in [1.82, 2.24) is 9.88 Å². The lowest BCUT2D eigenvalue weighted by atomic mass is 9.96. The van der Waals surface area contributed by atoms with Crippen LogP contribution in [0.3, 0.4) is 0 Å². The number of piperidine rings is 1. The number of ether oxygens (including phenoxy) is 1. The number of hydrogen-bond donors (Lipinski definition) is 1. The molecule has 1 saturated heterocycles. The molecule has 1 aliphatic rings. The van der Waals surface area contributed by atoms with Gasteiger partial charge in [-0.25, -0.2) is 4.98 Å². The van der Waals surface area contributed by atoms with Crippen LogP contribution in [0.25, 0.3) is 11.5 Å². The minimum absolute atomic E-state index is 0.193. The van der Waals surface area contributed by atoms with Gasteiger partial charge in [0.05, 0.1) is 13.2 Å². The molecule has 24 heavy (non-hydrogen) atoms. The van der Waals surface area contributed by atoms with E-state index in [9.17, 15) is 9.90 Å². The average molecular weight is 330 g/mol. The number of aromatic nitrogens is 1. The van der Waals surface area contributed by atoms with E-state index in [0.29, 0.717) is 30.4 Å². The van der Waals surface area contributed by atoms with E-state index in [4.69, 9.17) is 9.15 Å². The number of benzene rings is 1. The van der Waals surface area contributed by atoms with Crippen LogP contribution in [0.5, 0.6) is 5.75 Å². The van der Waals surface area contributed by atoms with Gasteiger partial charge >= 0.3 is 0 Å². The number of nitrogens with zero attached hydrogens (tertiary/aromatic N) is 2. The van der Waals surface area contributed by atoms with Gasteiger partial charge in [0.1, 0.15) is 11.5 Å². The molecular weight excluding hydrogens is 308 g/mol. The molecule has 2 atom stereocenters. The Hall–Kier alpha value is -2.34. The first-order chi connectivity index (χ1) is 11.5. The number of rotatable bonds is 3. The number of β-amino-alcohol motifs (C(OH)–C–C–N with tert-alkyl or cyclic N) is 1. The van der Waals surface area contributed by atoms with Crippen LogP contribution >= 0.6 is 0 Å². The molecule has 2 heterocycles. The molecule has 2 aromatic rings. The van der Waals surface area contributed by atoms with Gasteiger partial charge in [-0.2, -0.15) is 0 Å². The summed E-state index contributed by atoms with van der Waals surface area (Å²) in [5.41, 5.74) is 1.09. The van der Waals surface area contributed by atoms with Crippen LogP contribution in [0.1, 0.15) is 29.6 Å². The standard InChI is InChI=1S/C18H22N2O4/c1-11-8-9-20(10-15(11)21)18(22)16-12(2)24-17(19-16)13-4-6-14(23-3)7-5-13/h4-7,11,15,21H,8-10H2,1-3H3. The zero-order valence-electron chi connectivity index (χ0n) is 14.2. The summed E-state index contributed by atoms with van der Waals surface area (Å²) in [6, 6.07) is 7.31. The molecule has 0 bridgehead atoms. The number of carbonyl (C=O) groups excluding carboxylic acids is 1. The normalized spacial score (nSPS) is 20.9. The fourth-order valence-corrected chi connectivity index (χ4v) is 2.84. The highest BCUT2D eigenvalue weighted by atomic mass is 16.5. The maximum Gasteiger partial charge on any atom is 0.276 e. The molecule has 6 heteroatoms. The van der Waals surface area contributed by atoms with Crippen LogP contribution in [0.2, 0.25) is 0 Å². The highest BCUT2D eigenvalue weighted by Crippen LogP contribution is 2.26. The highest BCUT2D eigenvalue weighted by Gasteiger charge is 2.30. The molecule has 1 aliphatic heterocycles. The summed E-state index contributed by atoms with van der Waals surface area (Å²) < 4.78 is 10.8. The van der Waals surface area contributed by atoms with Gasteiger partial charge in [-0.1, -0.05) is 6.92 Å². The van der Waals surface area contributed by atoms with Crippen molar-refractivity contribution in [3.63, 3.8) is 0 Å². The summed E-state index contributed by atoms with van der Waals surface area (Å²) in [4.78, 5) is 18.7. The lowest BCUT2D eigenvalue weighted by Crippen LogP contribution is -2.46. The fraction of sp³-hybridized carbons (Fsp3) is 0.444. The van der Waals surface area contributed by atoms with Gasteiger partial charge in [-0.05, 0) is 43.5 Å². The third-order valence-corrected chi connectivity index (χ3v) is 4.54. The van der Waals surface area contributed by atoms with Crippen molar-refractivity contribution < 1.29 is 19.1 Å². The SMILES string of the molecule is COc1ccc(-c2nc(C(=O)N3CCC(C)C(O)C3)c(C)o2)cc1. The monoisotopic (exact) mass is 330 g/mol. The smallest absolute Gasteiger partial charge is 0.276 e. The van der Waals surface area contributed by atoms with E-state index in [1.54, 1.807) is 18.9 Å². The number of carbonyl (C=O) groups is 1. The van der Waals surface area contributed by atoms with Crippen LogP contribution in [-0.2, 0) is 0 Å². The second-order valence-electron chi connectivity index (χ2n) is 6.24. The Morgan fingerprint density at radius 1 is 1.38 bits per heavy atom. The average Bonchev–Trinajstić information content (AvgIpc) is 2.98. The van der Waals surface area contributed by atoms with E-state index in [1.807, 2.05) is 31.2 Å². The van der Waals surface area contributed by atoms with Crippen molar-refractivity contribution in [2.45, 2.75) is 26.4 Å². The number of likely N-dealkylation sites (tertiary alicyclic amines) is 1. The van der Waals surface area contributed by atoms with Crippen LogP contribution in [0, 0.1) is 12.8 Å². The molecule has 0 radical (unpaired) electrons. The fourth-order valence-electron chi connectivity index (χ4n) is 2.84. The van der Waals surface area contributed by atoms with E-state index >= 15 is 0 Å². The van der Waals surface area contributed by atoms with Gasteiger partial charge in [0.2, 0.25) is 5.89 Å². The molecular formula is C18H22N2O4. The van der Waals surface area contributed by atoms with E-state index in [1.165, 1.54) is 0 Å². The molecule has 6 nitrogen and oxygen atoms in total. The maximum absolute atomic E-state index is 12.7. The van der Waals surface area contributed by atoms with Crippen molar-refractivity contribution in [3.05, 3.63) is 35.7 Å². The van der Waals surface area contributed by atoms with Crippen LogP contribution < -0.4 is 4.74 Å². The lowest BCUT2D eigenvalue weighted by molar-refractivity contribution is 0.0244. The summed E-state index contributed by atoms with van der Waals surface area (Å²) in [5.74, 6) is 1.65. The van der Waals surface area contributed by atoms with Gasteiger partial charge in [-0.15, -0.1) is 0 Å². The van der Waals surface area contributed by atoms with Crippen LogP contribution in [-0.4, -0.2) is 47.2 Å². The molecule has 1 amide bonds. The van der Waals surface area contributed by atoms with E-state index in [0.717, 1.165) is 17.7 Å². The minimum Gasteiger partial charge on any atom is -0.497 e. The summed E-state index contributed by atoms with van der Waals surface area (Å²) in [6.45, 7) is 4.69. The quantitative estimate of drug-likeness (QED) is 0.936. The molecule has 128 valence electrons. The van der Waals surface area contributed by atoms with Crippen molar-refractivity contribution in [2.24, 2.45) is 5.92 Å². The number of hydrogen-bond acceptors (Lipinski definition) is 5. The first-order valence-corrected chi connectivity index (χ1v) is 8.08. The molecule has 3 rings (SSSR count). The topological polar surface area (TPSA) is 75.8 Å². The first kappa shape index (κ1) is 16.5. The van der Waals surface area contributed by atoms with Gasteiger partial charge in [0.15, 0.2) is 5.69 Å². The summed E-state index contributed by atoms with van der Waals surface area (Å²) >= 11 is 0. The predicted octanol–water partition coefficient (Wildman–Crippen LogP) is 2.50. The molecule has 1 aromatic carbocycles. The molecule has 0 aliphatic carbocycles. The second-order valence-corrected chi connectivity index (χ2v) is 6.24. The Labute approximate surface area is 141 Å². The predicted molar refractivity (Wildman–Crippen MR) is 88.9 cm³/mol. The summed E-state index contributed by atoms with van der Waals surface area (Å²) in [5, 5.41) is 10.00. The van der Waals surface area contributed by atoms with Gasteiger partial charge in [0.25, 0.3) is 5.91 Å². The number of aryl methyl sites for hydroxylation is 1. The molecule has 1 N–H and O–H groups in total. The maximum atomic E-state index is 12.7. The summed E-state index contributed by atoms with van der Waals surface area (Å²) in [6.07, 6.45) is 0.297. The molecule has 0 spiro atoms. The highest BCUT2D eigenvalue weighted by molar-refractivity contribution is 5.93. The zero-order chi connectivity index (χ0) is 17.3. The van der Waals surface area contributed by atoms with E-state index in [2.05, 4.69) is 4.98 Å². The van der Waals surface area contributed by atoms with Gasteiger partial charge < -0.3 is 19.2 Å². The first-order valence-electron chi connectivity index (χ1n) is 8.08. The number of oxazole rings is 1. The Bertz CT molecular complexity index is 723. The zero-order valence-corrected chi connectivity index (χ0v) is 14.2. The minimum atomic E-state index is -0.490. The molecule has 2 unspecified atom stereocenters. The Morgan fingerprint density at radius 2 is 2.08 bits per heavy atom. The Kier molecular flexibility index (Phi) is 4.57. The third kappa shape index (κ3) is 3.14. The van der Waals surface area contributed by atoms with Gasteiger partial charge in [-0.3, -0.25) is 4.79 Å². The van der Waals surface area contributed by atoms with Crippen LogP contribution in [0.4, 0.5) is 0 Å². The molecule has 1 fully saturated rings. The number of aliphatic hydroxyl groups is 1. The van der Waals surface area contributed by atoms with Gasteiger partial charge in [0, 0.05) is 18.7 Å². The second kappa shape index (κ2) is 6.65. The van der Waals surface area contributed by atoms with Crippen molar-refractivity contribution >= 4 is 5.91 Å². The third-order valence-electron chi connectivity index (χ3n) is 4.54. The molecule has 1 aromatic heterocycles. The number of aliphatic hydroxyl groups excluding tert-OH is 1. The molecule has 0 saturated carbocycles.